The molecule has 7 heteroatoms. The molecule has 0 radical (unpaired) electrons. The Hall–Kier alpha value is -1.44. The molecule has 1 fully saturated rings. The lowest BCUT2D eigenvalue weighted by molar-refractivity contribution is 0.0955. The summed E-state index contributed by atoms with van der Waals surface area (Å²) in [4.78, 5) is 16.5. The van der Waals surface area contributed by atoms with Crippen molar-refractivity contribution in [2.75, 3.05) is 39.3 Å². The summed E-state index contributed by atoms with van der Waals surface area (Å²) in [7, 11) is 1.92. The number of fused-ring (bicyclic) bond motifs is 1. The second kappa shape index (κ2) is 6.76. The average molecular weight is 321 g/mol. The predicted molar refractivity (Wildman–Crippen MR) is 89.6 cm³/mol. The molecule has 1 aliphatic rings. The van der Waals surface area contributed by atoms with Crippen LogP contribution in [0.4, 0.5) is 0 Å². The Morgan fingerprint density at radius 2 is 2.23 bits per heavy atom. The zero-order valence-electron chi connectivity index (χ0n) is 13.2. The van der Waals surface area contributed by atoms with Crippen LogP contribution in [0.2, 0.25) is 0 Å². The van der Waals surface area contributed by atoms with Crippen LogP contribution in [0.3, 0.4) is 0 Å². The first-order valence-electron chi connectivity index (χ1n) is 7.79. The summed E-state index contributed by atoms with van der Waals surface area (Å²) in [6, 6.07) is 1.95. The van der Waals surface area contributed by atoms with Crippen molar-refractivity contribution in [2.24, 2.45) is 7.05 Å². The highest BCUT2D eigenvalue weighted by molar-refractivity contribution is 7.20. The molecular weight excluding hydrogens is 298 g/mol. The van der Waals surface area contributed by atoms with Crippen LogP contribution in [-0.2, 0) is 7.05 Å². The standard InChI is InChI=1S/C15H23N5OS/c1-11-12-10-13(22-15(12)19(2)18-11)14(21)17-4-3-7-20-8-5-16-6-9-20/h10,16H,3-9H2,1-2H3,(H,17,21). The van der Waals surface area contributed by atoms with E-state index in [0.717, 1.165) is 66.5 Å². The van der Waals surface area contributed by atoms with E-state index in [1.54, 1.807) is 0 Å². The van der Waals surface area contributed by atoms with Crippen molar-refractivity contribution in [2.45, 2.75) is 13.3 Å². The van der Waals surface area contributed by atoms with Gasteiger partial charge in [0.1, 0.15) is 4.83 Å². The van der Waals surface area contributed by atoms with Crippen LogP contribution in [0.15, 0.2) is 6.07 Å². The molecule has 120 valence electrons. The number of nitrogens with zero attached hydrogens (tertiary/aromatic N) is 3. The number of aromatic nitrogens is 2. The van der Waals surface area contributed by atoms with E-state index in [0.29, 0.717) is 0 Å². The summed E-state index contributed by atoms with van der Waals surface area (Å²) in [5.74, 6) is 0.0286. The van der Waals surface area contributed by atoms with Crippen LogP contribution < -0.4 is 10.6 Å². The number of hydrogen-bond donors (Lipinski definition) is 2. The molecule has 0 atom stereocenters. The van der Waals surface area contributed by atoms with Gasteiger partial charge in [-0.25, -0.2) is 0 Å². The molecule has 6 nitrogen and oxygen atoms in total. The smallest absolute Gasteiger partial charge is 0.261 e. The minimum Gasteiger partial charge on any atom is -0.351 e. The number of nitrogens with one attached hydrogen (secondary N) is 2. The Morgan fingerprint density at radius 3 is 2.95 bits per heavy atom. The number of rotatable bonds is 5. The van der Waals surface area contributed by atoms with E-state index in [1.807, 2.05) is 24.7 Å². The highest BCUT2D eigenvalue weighted by atomic mass is 32.1. The summed E-state index contributed by atoms with van der Waals surface area (Å²) >= 11 is 1.51. The van der Waals surface area contributed by atoms with Crippen LogP contribution >= 0.6 is 11.3 Å². The van der Waals surface area contributed by atoms with E-state index in [-0.39, 0.29) is 5.91 Å². The Kier molecular flexibility index (Phi) is 4.75. The third-order valence-electron chi connectivity index (χ3n) is 4.07. The largest absolute Gasteiger partial charge is 0.351 e. The van der Waals surface area contributed by atoms with Gasteiger partial charge in [0, 0.05) is 45.2 Å². The van der Waals surface area contributed by atoms with Gasteiger partial charge in [0.2, 0.25) is 0 Å². The van der Waals surface area contributed by atoms with Gasteiger partial charge in [-0.3, -0.25) is 9.48 Å². The summed E-state index contributed by atoms with van der Waals surface area (Å²) < 4.78 is 1.84. The molecule has 22 heavy (non-hydrogen) atoms. The second-order valence-electron chi connectivity index (χ2n) is 5.74. The lowest BCUT2D eigenvalue weighted by atomic mass is 10.3. The van der Waals surface area contributed by atoms with Gasteiger partial charge >= 0.3 is 0 Å². The molecular formula is C15H23N5OS. The van der Waals surface area contributed by atoms with E-state index in [9.17, 15) is 4.79 Å². The van der Waals surface area contributed by atoms with Crippen molar-refractivity contribution in [1.82, 2.24) is 25.3 Å². The van der Waals surface area contributed by atoms with E-state index in [2.05, 4.69) is 20.6 Å². The average Bonchev–Trinajstić information content (AvgIpc) is 3.07. The maximum atomic E-state index is 12.2. The molecule has 2 aromatic rings. The fourth-order valence-corrected chi connectivity index (χ4v) is 3.88. The van der Waals surface area contributed by atoms with Crippen molar-refractivity contribution in [3.8, 4) is 0 Å². The molecule has 0 unspecified atom stereocenters. The molecule has 2 aromatic heterocycles. The summed E-state index contributed by atoms with van der Waals surface area (Å²) in [5.41, 5.74) is 0.978. The van der Waals surface area contributed by atoms with Gasteiger partial charge in [0.15, 0.2) is 0 Å². The molecule has 3 heterocycles. The predicted octanol–water partition coefficient (Wildman–Crippen LogP) is 0.968. The lowest BCUT2D eigenvalue weighted by Crippen LogP contribution is -2.44. The van der Waals surface area contributed by atoms with E-state index >= 15 is 0 Å². The molecule has 3 rings (SSSR count). The Bertz CT molecular complexity index is 622. The maximum absolute atomic E-state index is 12.2. The van der Waals surface area contributed by atoms with Crippen molar-refractivity contribution in [3.05, 3.63) is 16.6 Å². The molecule has 1 aliphatic heterocycles. The fourth-order valence-electron chi connectivity index (χ4n) is 2.84. The van der Waals surface area contributed by atoms with Crippen molar-refractivity contribution >= 4 is 27.5 Å². The van der Waals surface area contributed by atoms with Crippen molar-refractivity contribution < 1.29 is 4.79 Å². The molecule has 0 aliphatic carbocycles. The zero-order chi connectivity index (χ0) is 15.5. The summed E-state index contributed by atoms with van der Waals surface area (Å²) in [5, 5.41) is 11.8. The van der Waals surface area contributed by atoms with Gasteiger partial charge in [0.05, 0.1) is 10.6 Å². The topological polar surface area (TPSA) is 62.2 Å². The third kappa shape index (κ3) is 3.31. The number of piperazine rings is 1. The van der Waals surface area contributed by atoms with Crippen molar-refractivity contribution in [3.63, 3.8) is 0 Å². The van der Waals surface area contributed by atoms with Crippen LogP contribution in [0.1, 0.15) is 21.8 Å². The number of carbonyl (C=O) groups excluding carboxylic acids is 1. The number of aryl methyl sites for hydroxylation is 2. The number of hydrogen-bond acceptors (Lipinski definition) is 5. The lowest BCUT2D eigenvalue weighted by Gasteiger charge is -2.27. The normalized spacial score (nSPS) is 16.3. The van der Waals surface area contributed by atoms with E-state index in [1.165, 1.54) is 11.3 Å². The highest BCUT2D eigenvalue weighted by Crippen LogP contribution is 2.27. The highest BCUT2D eigenvalue weighted by Gasteiger charge is 2.15. The number of thiophene rings is 1. The summed E-state index contributed by atoms with van der Waals surface area (Å²) in [6.45, 7) is 8.12. The zero-order valence-corrected chi connectivity index (χ0v) is 14.0. The molecule has 2 N–H and O–H groups in total. The molecule has 0 spiro atoms. The molecule has 0 saturated carbocycles. The van der Waals surface area contributed by atoms with Crippen LogP contribution in [0.5, 0.6) is 0 Å². The van der Waals surface area contributed by atoms with Gasteiger partial charge in [-0.15, -0.1) is 11.3 Å². The quantitative estimate of drug-likeness (QED) is 0.806. The van der Waals surface area contributed by atoms with Gasteiger partial charge in [-0.1, -0.05) is 0 Å². The van der Waals surface area contributed by atoms with Gasteiger partial charge in [-0.2, -0.15) is 5.10 Å². The minimum atomic E-state index is 0.0286. The fraction of sp³-hybridized carbons (Fsp3) is 0.600. The first kappa shape index (κ1) is 15.5. The molecule has 1 amide bonds. The molecule has 0 bridgehead atoms. The summed E-state index contributed by atoms with van der Waals surface area (Å²) in [6.07, 6.45) is 0.997. The van der Waals surface area contributed by atoms with Crippen LogP contribution in [-0.4, -0.2) is 59.9 Å². The third-order valence-corrected chi connectivity index (χ3v) is 5.27. The first-order valence-corrected chi connectivity index (χ1v) is 8.61. The SMILES string of the molecule is Cc1nn(C)c2sc(C(=O)NCCCN3CCNCC3)cc12. The minimum absolute atomic E-state index is 0.0286. The van der Waals surface area contributed by atoms with E-state index < -0.39 is 0 Å². The second-order valence-corrected chi connectivity index (χ2v) is 6.77. The van der Waals surface area contributed by atoms with Crippen LogP contribution in [0.25, 0.3) is 10.2 Å². The maximum Gasteiger partial charge on any atom is 0.261 e. The Balaban J connectivity index is 1.49. The van der Waals surface area contributed by atoms with Gasteiger partial charge in [-0.05, 0) is 26.0 Å². The van der Waals surface area contributed by atoms with E-state index in [4.69, 9.17) is 0 Å². The number of carbonyl (C=O) groups is 1. The Morgan fingerprint density at radius 1 is 1.45 bits per heavy atom. The Labute approximate surface area is 134 Å². The first-order chi connectivity index (χ1) is 10.6. The number of amides is 1. The van der Waals surface area contributed by atoms with Gasteiger partial charge in [0.25, 0.3) is 5.91 Å². The van der Waals surface area contributed by atoms with Gasteiger partial charge < -0.3 is 15.5 Å². The molecule has 0 aromatic carbocycles. The molecule has 1 saturated heterocycles. The van der Waals surface area contributed by atoms with Crippen LogP contribution in [0, 0.1) is 6.92 Å². The monoisotopic (exact) mass is 321 g/mol. The van der Waals surface area contributed by atoms with Crippen molar-refractivity contribution in [1.29, 1.82) is 0 Å².